The fraction of sp³-hybridized carbons (Fsp3) is 0.818. The van der Waals surface area contributed by atoms with Crippen LogP contribution in [0.15, 0.2) is 0 Å². The Morgan fingerprint density at radius 2 is 2.06 bits per heavy atom. The van der Waals surface area contributed by atoms with E-state index in [1.807, 2.05) is 20.8 Å². The molecule has 0 bridgehead atoms. The molecule has 0 aromatic heterocycles. The smallest absolute Gasteiger partial charge is 0.311 e. The lowest BCUT2D eigenvalue weighted by molar-refractivity contribution is -0.159. The van der Waals surface area contributed by atoms with Crippen LogP contribution in [0.5, 0.6) is 0 Å². The predicted molar refractivity (Wildman–Crippen MR) is 59.6 cm³/mol. The van der Waals surface area contributed by atoms with Gasteiger partial charge in [-0.15, -0.1) is 0 Å². The standard InChI is InChI=1S/C11H20N2O3/c1-11(2,3)16-10(15)7-4-5-8(12)9(14)13-6-7/h7-8H,4-6,12H2,1-3H3,(H,13,14). The number of esters is 1. The van der Waals surface area contributed by atoms with E-state index in [1.54, 1.807) is 0 Å². The molecule has 0 radical (unpaired) electrons. The van der Waals surface area contributed by atoms with Crippen molar-refractivity contribution in [3.8, 4) is 0 Å². The van der Waals surface area contributed by atoms with Gasteiger partial charge in [0.1, 0.15) is 5.60 Å². The van der Waals surface area contributed by atoms with Gasteiger partial charge in [0, 0.05) is 6.54 Å². The van der Waals surface area contributed by atoms with E-state index in [4.69, 9.17) is 10.5 Å². The molecule has 92 valence electrons. The van der Waals surface area contributed by atoms with Crippen molar-refractivity contribution in [1.29, 1.82) is 0 Å². The third kappa shape index (κ3) is 3.81. The van der Waals surface area contributed by atoms with Crippen molar-refractivity contribution in [2.75, 3.05) is 6.54 Å². The summed E-state index contributed by atoms with van der Waals surface area (Å²) in [5.74, 6) is -0.732. The van der Waals surface area contributed by atoms with E-state index < -0.39 is 11.6 Å². The van der Waals surface area contributed by atoms with E-state index >= 15 is 0 Å². The highest BCUT2D eigenvalue weighted by Crippen LogP contribution is 2.17. The largest absolute Gasteiger partial charge is 0.460 e. The number of rotatable bonds is 1. The van der Waals surface area contributed by atoms with Gasteiger partial charge in [-0.2, -0.15) is 0 Å². The van der Waals surface area contributed by atoms with Gasteiger partial charge in [0.15, 0.2) is 0 Å². The van der Waals surface area contributed by atoms with E-state index in [9.17, 15) is 9.59 Å². The predicted octanol–water partition coefficient (Wildman–Crippen LogP) is 0.182. The van der Waals surface area contributed by atoms with Crippen LogP contribution in [-0.2, 0) is 14.3 Å². The molecule has 0 spiro atoms. The first kappa shape index (κ1) is 13.0. The number of carbonyl (C=O) groups excluding carboxylic acids is 2. The second kappa shape index (κ2) is 4.82. The molecule has 1 heterocycles. The fourth-order valence-corrected chi connectivity index (χ4v) is 1.56. The zero-order valence-corrected chi connectivity index (χ0v) is 10.1. The molecule has 16 heavy (non-hydrogen) atoms. The van der Waals surface area contributed by atoms with Gasteiger partial charge < -0.3 is 15.8 Å². The monoisotopic (exact) mass is 228 g/mol. The Labute approximate surface area is 95.7 Å². The van der Waals surface area contributed by atoms with Crippen LogP contribution in [0.1, 0.15) is 33.6 Å². The summed E-state index contributed by atoms with van der Waals surface area (Å²) in [7, 11) is 0. The lowest BCUT2D eigenvalue weighted by Crippen LogP contribution is -2.40. The summed E-state index contributed by atoms with van der Waals surface area (Å²) in [6.07, 6.45) is 1.12. The first-order valence-corrected chi connectivity index (χ1v) is 5.56. The van der Waals surface area contributed by atoms with Crippen LogP contribution in [0.2, 0.25) is 0 Å². The molecule has 1 fully saturated rings. The number of amides is 1. The van der Waals surface area contributed by atoms with Crippen molar-refractivity contribution in [3.05, 3.63) is 0 Å². The average Bonchev–Trinajstić information content (AvgIpc) is 2.28. The van der Waals surface area contributed by atoms with E-state index in [0.29, 0.717) is 19.4 Å². The number of hydrogen-bond donors (Lipinski definition) is 2. The van der Waals surface area contributed by atoms with Gasteiger partial charge >= 0.3 is 5.97 Å². The minimum atomic E-state index is -0.507. The van der Waals surface area contributed by atoms with Crippen molar-refractivity contribution < 1.29 is 14.3 Å². The third-order valence-electron chi connectivity index (χ3n) is 2.43. The topological polar surface area (TPSA) is 81.4 Å². The van der Waals surface area contributed by atoms with E-state index in [1.165, 1.54) is 0 Å². The highest BCUT2D eigenvalue weighted by Gasteiger charge is 2.29. The average molecular weight is 228 g/mol. The minimum Gasteiger partial charge on any atom is -0.460 e. The molecule has 0 aliphatic carbocycles. The summed E-state index contributed by atoms with van der Waals surface area (Å²) in [6.45, 7) is 5.80. The van der Waals surface area contributed by atoms with Crippen LogP contribution in [0, 0.1) is 5.92 Å². The molecule has 5 nitrogen and oxygen atoms in total. The van der Waals surface area contributed by atoms with E-state index in [0.717, 1.165) is 0 Å². The summed E-state index contributed by atoms with van der Waals surface area (Å²) in [6, 6.07) is -0.507. The maximum absolute atomic E-state index is 11.8. The van der Waals surface area contributed by atoms with Gasteiger partial charge in [-0.1, -0.05) is 0 Å². The molecule has 5 heteroatoms. The normalized spacial score (nSPS) is 26.9. The van der Waals surface area contributed by atoms with Crippen LogP contribution >= 0.6 is 0 Å². The molecule has 3 N–H and O–H groups in total. The van der Waals surface area contributed by atoms with Crippen LogP contribution in [0.4, 0.5) is 0 Å². The quantitative estimate of drug-likeness (QED) is 0.627. The zero-order chi connectivity index (χ0) is 12.3. The van der Waals surface area contributed by atoms with E-state index in [-0.39, 0.29) is 17.8 Å². The molecule has 1 aliphatic rings. The molecule has 2 unspecified atom stereocenters. The molecule has 0 saturated carbocycles. The number of nitrogens with one attached hydrogen (secondary N) is 1. The maximum Gasteiger partial charge on any atom is 0.311 e. The number of ether oxygens (including phenoxy) is 1. The molecule has 1 amide bonds. The van der Waals surface area contributed by atoms with Crippen molar-refractivity contribution in [3.63, 3.8) is 0 Å². The summed E-state index contributed by atoms with van der Waals surface area (Å²) in [5.41, 5.74) is 5.11. The number of carbonyl (C=O) groups is 2. The molecule has 1 aliphatic heterocycles. The van der Waals surface area contributed by atoms with Crippen LogP contribution in [-0.4, -0.2) is 30.1 Å². The molecular formula is C11H20N2O3. The van der Waals surface area contributed by atoms with Crippen LogP contribution < -0.4 is 11.1 Å². The first-order valence-electron chi connectivity index (χ1n) is 5.56. The summed E-state index contributed by atoms with van der Waals surface area (Å²) in [5, 5.41) is 2.65. The molecule has 1 rings (SSSR count). The van der Waals surface area contributed by atoms with Crippen LogP contribution in [0.3, 0.4) is 0 Å². The lowest BCUT2D eigenvalue weighted by Gasteiger charge is -2.23. The van der Waals surface area contributed by atoms with Crippen molar-refractivity contribution >= 4 is 11.9 Å². The number of nitrogens with two attached hydrogens (primary N) is 1. The summed E-state index contributed by atoms with van der Waals surface area (Å²) >= 11 is 0. The minimum absolute atomic E-state index is 0.189. The van der Waals surface area contributed by atoms with Crippen molar-refractivity contribution in [2.45, 2.75) is 45.3 Å². The van der Waals surface area contributed by atoms with Gasteiger partial charge in [0.25, 0.3) is 0 Å². The Morgan fingerprint density at radius 1 is 1.44 bits per heavy atom. The molecular weight excluding hydrogens is 208 g/mol. The van der Waals surface area contributed by atoms with Gasteiger partial charge in [-0.3, -0.25) is 9.59 Å². The molecule has 0 aromatic rings. The fourth-order valence-electron chi connectivity index (χ4n) is 1.56. The van der Waals surface area contributed by atoms with E-state index in [2.05, 4.69) is 5.32 Å². The summed E-state index contributed by atoms with van der Waals surface area (Å²) < 4.78 is 5.27. The molecule has 2 atom stereocenters. The van der Waals surface area contributed by atoms with Gasteiger partial charge in [0.2, 0.25) is 5.91 Å². The maximum atomic E-state index is 11.8. The molecule has 1 saturated heterocycles. The highest BCUT2D eigenvalue weighted by atomic mass is 16.6. The SMILES string of the molecule is CC(C)(C)OC(=O)C1CCC(N)C(=O)NC1. The lowest BCUT2D eigenvalue weighted by atomic mass is 10.0. The Morgan fingerprint density at radius 3 is 2.62 bits per heavy atom. The van der Waals surface area contributed by atoms with Crippen molar-refractivity contribution in [2.24, 2.45) is 11.7 Å². The van der Waals surface area contributed by atoms with Gasteiger partial charge in [0.05, 0.1) is 12.0 Å². The Bertz CT molecular complexity index is 283. The zero-order valence-electron chi connectivity index (χ0n) is 10.1. The highest BCUT2D eigenvalue weighted by molar-refractivity contribution is 5.83. The Hall–Kier alpha value is -1.10. The number of hydrogen-bond acceptors (Lipinski definition) is 4. The third-order valence-corrected chi connectivity index (χ3v) is 2.43. The Balaban J connectivity index is 2.55. The molecule has 0 aromatic carbocycles. The second-order valence-corrected chi connectivity index (χ2v) is 5.16. The first-order chi connectivity index (χ1) is 7.29. The van der Waals surface area contributed by atoms with Crippen molar-refractivity contribution in [1.82, 2.24) is 5.32 Å². The van der Waals surface area contributed by atoms with Gasteiger partial charge in [-0.05, 0) is 33.6 Å². The van der Waals surface area contributed by atoms with Gasteiger partial charge in [-0.25, -0.2) is 0 Å². The van der Waals surface area contributed by atoms with Crippen LogP contribution in [0.25, 0.3) is 0 Å². The Kier molecular flexibility index (Phi) is 3.91. The second-order valence-electron chi connectivity index (χ2n) is 5.16. The summed E-state index contributed by atoms with van der Waals surface area (Å²) in [4.78, 5) is 23.0.